The molecule has 3 rings (SSSR count). The van der Waals surface area contributed by atoms with Crippen LogP contribution in [0.5, 0.6) is 0 Å². The molecule has 2 aromatic rings. The topological polar surface area (TPSA) is 49.4 Å². The molecule has 0 bridgehead atoms. The lowest BCUT2D eigenvalue weighted by atomic mass is 10.1. The molecule has 5 heteroatoms. The number of hydrogen-bond acceptors (Lipinski definition) is 4. The molecule has 0 radical (unpaired) electrons. The third-order valence-corrected chi connectivity index (χ3v) is 5.82. The van der Waals surface area contributed by atoms with Crippen molar-refractivity contribution in [3.63, 3.8) is 0 Å². The highest BCUT2D eigenvalue weighted by atomic mass is 32.1. The van der Waals surface area contributed by atoms with Gasteiger partial charge in [-0.15, -0.1) is 11.3 Å². The van der Waals surface area contributed by atoms with Gasteiger partial charge in [-0.05, 0) is 56.1 Å². The molecule has 1 aliphatic rings. The van der Waals surface area contributed by atoms with E-state index >= 15 is 0 Å². The number of aryl methyl sites for hydroxylation is 1. The fourth-order valence-electron chi connectivity index (χ4n) is 3.28. The van der Waals surface area contributed by atoms with Crippen molar-refractivity contribution in [2.24, 2.45) is 0 Å². The number of Topliss-reactive ketones (excluding diaryl/α,β-unsaturated/α-hetero) is 1. The molecular weight excluding hydrogens is 344 g/mol. The second kappa shape index (κ2) is 9.10. The van der Waals surface area contributed by atoms with E-state index in [1.165, 1.54) is 29.7 Å². The van der Waals surface area contributed by atoms with Gasteiger partial charge < -0.3 is 5.32 Å². The highest BCUT2D eigenvalue weighted by Gasteiger charge is 2.14. The SMILES string of the molecule is Cc1ccc(C(=O)CCC(=O)NCc2ccccc2CN2CCCC2)s1. The summed E-state index contributed by atoms with van der Waals surface area (Å²) in [7, 11) is 0. The summed E-state index contributed by atoms with van der Waals surface area (Å²) in [6, 6.07) is 12.1. The van der Waals surface area contributed by atoms with Crippen LogP contribution in [-0.4, -0.2) is 29.7 Å². The lowest BCUT2D eigenvalue weighted by Crippen LogP contribution is -2.25. The lowest BCUT2D eigenvalue weighted by Gasteiger charge is -2.17. The Morgan fingerprint density at radius 1 is 1.04 bits per heavy atom. The molecule has 0 spiro atoms. The fraction of sp³-hybridized carbons (Fsp3) is 0.429. The third kappa shape index (κ3) is 5.26. The van der Waals surface area contributed by atoms with Gasteiger partial charge in [0.2, 0.25) is 5.91 Å². The van der Waals surface area contributed by atoms with Crippen molar-refractivity contribution in [1.82, 2.24) is 10.2 Å². The van der Waals surface area contributed by atoms with E-state index in [1.807, 2.05) is 25.1 Å². The Bertz CT molecular complexity index is 763. The van der Waals surface area contributed by atoms with E-state index in [4.69, 9.17) is 0 Å². The Morgan fingerprint density at radius 2 is 1.77 bits per heavy atom. The van der Waals surface area contributed by atoms with Gasteiger partial charge in [0.05, 0.1) is 4.88 Å². The first-order valence-electron chi connectivity index (χ1n) is 9.27. The molecule has 4 nitrogen and oxygen atoms in total. The van der Waals surface area contributed by atoms with E-state index < -0.39 is 0 Å². The van der Waals surface area contributed by atoms with Crippen LogP contribution in [-0.2, 0) is 17.9 Å². The minimum Gasteiger partial charge on any atom is -0.352 e. The number of carbonyl (C=O) groups excluding carboxylic acids is 2. The van der Waals surface area contributed by atoms with E-state index in [0.29, 0.717) is 6.54 Å². The van der Waals surface area contributed by atoms with E-state index in [9.17, 15) is 9.59 Å². The number of ketones is 1. The lowest BCUT2D eigenvalue weighted by molar-refractivity contribution is -0.121. The van der Waals surface area contributed by atoms with Gasteiger partial charge in [-0.1, -0.05) is 24.3 Å². The molecule has 2 heterocycles. The summed E-state index contributed by atoms with van der Waals surface area (Å²) in [6.07, 6.45) is 3.05. The molecule has 0 unspecified atom stereocenters. The summed E-state index contributed by atoms with van der Waals surface area (Å²) in [5.41, 5.74) is 2.44. The summed E-state index contributed by atoms with van der Waals surface area (Å²) in [6.45, 7) is 5.77. The smallest absolute Gasteiger partial charge is 0.220 e. The van der Waals surface area contributed by atoms with Crippen molar-refractivity contribution < 1.29 is 9.59 Å². The molecule has 1 amide bonds. The molecule has 0 saturated carbocycles. The second-order valence-electron chi connectivity index (χ2n) is 6.86. The molecule has 26 heavy (non-hydrogen) atoms. The molecule has 0 aliphatic carbocycles. The van der Waals surface area contributed by atoms with Crippen molar-refractivity contribution in [1.29, 1.82) is 0 Å². The van der Waals surface area contributed by atoms with Crippen molar-refractivity contribution in [3.8, 4) is 0 Å². The van der Waals surface area contributed by atoms with Gasteiger partial charge in [0.1, 0.15) is 0 Å². The first kappa shape index (κ1) is 18.8. The van der Waals surface area contributed by atoms with E-state index in [2.05, 4.69) is 28.4 Å². The Labute approximate surface area is 159 Å². The van der Waals surface area contributed by atoms with Crippen molar-refractivity contribution in [2.45, 2.75) is 45.7 Å². The summed E-state index contributed by atoms with van der Waals surface area (Å²) < 4.78 is 0. The van der Waals surface area contributed by atoms with Crippen LogP contribution in [0.2, 0.25) is 0 Å². The van der Waals surface area contributed by atoms with E-state index in [0.717, 1.165) is 35.0 Å². The van der Waals surface area contributed by atoms with Crippen LogP contribution in [0, 0.1) is 6.92 Å². The third-order valence-electron chi connectivity index (χ3n) is 4.78. The first-order valence-corrected chi connectivity index (χ1v) is 10.1. The number of rotatable bonds is 8. The molecule has 1 aliphatic heterocycles. The number of nitrogens with one attached hydrogen (secondary N) is 1. The van der Waals surface area contributed by atoms with Crippen LogP contribution >= 0.6 is 11.3 Å². The second-order valence-corrected chi connectivity index (χ2v) is 8.15. The zero-order valence-electron chi connectivity index (χ0n) is 15.3. The fourth-order valence-corrected chi connectivity index (χ4v) is 4.12. The van der Waals surface area contributed by atoms with E-state index in [1.54, 1.807) is 0 Å². The highest BCUT2D eigenvalue weighted by molar-refractivity contribution is 7.14. The number of benzene rings is 1. The van der Waals surface area contributed by atoms with Gasteiger partial charge in [-0.3, -0.25) is 14.5 Å². The van der Waals surface area contributed by atoms with Gasteiger partial charge in [-0.25, -0.2) is 0 Å². The number of likely N-dealkylation sites (tertiary alicyclic amines) is 1. The predicted molar refractivity (Wildman–Crippen MR) is 105 cm³/mol. The Kier molecular flexibility index (Phi) is 6.58. The van der Waals surface area contributed by atoms with Gasteiger partial charge in [-0.2, -0.15) is 0 Å². The Balaban J connectivity index is 1.47. The maximum Gasteiger partial charge on any atom is 0.220 e. The minimum absolute atomic E-state index is 0.0488. The minimum atomic E-state index is -0.0670. The van der Waals surface area contributed by atoms with Gasteiger partial charge in [0.25, 0.3) is 0 Å². The molecule has 0 atom stereocenters. The maximum absolute atomic E-state index is 12.1. The quantitative estimate of drug-likeness (QED) is 0.716. The first-order chi connectivity index (χ1) is 12.6. The van der Waals surface area contributed by atoms with Crippen LogP contribution in [0.4, 0.5) is 0 Å². The zero-order valence-corrected chi connectivity index (χ0v) is 16.1. The monoisotopic (exact) mass is 370 g/mol. The number of carbonyl (C=O) groups is 2. The van der Waals surface area contributed by atoms with Crippen LogP contribution in [0.3, 0.4) is 0 Å². The number of hydrogen-bond donors (Lipinski definition) is 1. The van der Waals surface area contributed by atoms with Crippen molar-refractivity contribution in [3.05, 3.63) is 57.3 Å². The predicted octanol–water partition coefficient (Wildman–Crippen LogP) is 3.93. The van der Waals surface area contributed by atoms with Crippen molar-refractivity contribution >= 4 is 23.0 Å². The standard InChI is InChI=1S/C21H26N2O2S/c1-16-8-10-20(26-16)19(24)9-11-21(25)22-14-17-6-2-3-7-18(17)15-23-12-4-5-13-23/h2-3,6-8,10H,4-5,9,11-15H2,1H3,(H,22,25). The number of thiophene rings is 1. The molecule has 138 valence electrons. The van der Waals surface area contributed by atoms with Crippen LogP contribution in [0.15, 0.2) is 36.4 Å². The zero-order chi connectivity index (χ0) is 18.4. The average Bonchev–Trinajstić information content (AvgIpc) is 3.30. The summed E-state index contributed by atoms with van der Waals surface area (Å²) >= 11 is 1.49. The number of nitrogens with zero attached hydrogens (tertiary/aromatic N) is 1. The maximum atomic E-state index is 12.1. The molecule has 1 fully saturated rings. The molecule has 1 N–H and O–H groups in total. The Morgan fingerprint density at radius 3 is 2.46 bits per heavy atom. The number of amides is 1. The molecule has 1 saturated heterocycles. The summed E-state index contributed by atoms with van der Waals surface area (Å²) in [5.74, 6) is -0.0183. The van der Waals surface area contributed by atoms with Gasteiger partial charge in [0, 0.05) is 30.8 Å². The average molecular weight is 371 g/mol. The Hall–Kier alpha value is -1.98. The van der Waals surface area contributed by atoms with E-state index in [-0.39, 0.29) is 24.5 Å². The van der Waals surface area contributed by atoms with Crippen molar-refractivity contribution in [2.75, 3.05) is 13.1 Å². The highest BCUT2D eigenvalue weighted by Crippen LogP contribution is 2.18. The van der Waals surface area contributed by atoms with Crippen LogP contribution in [0.1, 0.15) is 51.4 Å². The molecule has 1 aromatic carbocycles. The van der Waals surface area contributed by atoms with Gasteiger partial charge >= 0.3 is 0 Å². The molecule has 1 aromatic heterocycles. The summed E-state index contributed by atoms with van der Waals surface area (Å²) in [4.78, 5) is 28.6. The summed E-state index contributed by atoms with van der Waals surface area (Å²) in [5, 5.41) is 2.97. The van der Waals surface area contributed by atoms with Gasteiger partial charge in [0.15, 0.2) is 5.78 Å². The van der Waals surface area contributed by atoms with Crippen LogP contribution in [0.25, 0.3) is 0 Å². The molecular formula is C21H26N2O2S. The normalized spacial score (nSPS) is 14.5. The van der Waals surface area contributed by atoms with Crippen LogP contribution < -0.4 is 5.32 Å². The largest absolute Gasteiger partial charge is 0.352 e.